The second kappa shape index (κ2) is 59.2. The number of nitrogens with one attached hydrogen (secondary N) is 1. The molecule has 0 heterocycles. The number of unbranched alkanes of at least 4 members (excludes halogenated alkanes) is 46. The maximum Gasteiger partial charge on any atom is 0.305 e. The predicted octanol–water partition coefficient (Wildman–Crippen LogP) is 19.6. The molecule has 0 fully saturated rings. The van der Waals surface area contributed by atoms with E-state index in [1.165, 1.54) is 283 Å². The highest BCUT2D eigenvalue weighted by molar-refractivity contribution is 5.76. The Bertz CT molecular complexity index is 1030. The van der Waals surface area contributed by atoms with Crippen molar-refractivity contribution in [3.8, 4) is 0 Å². The largest absolute Gasteiger partial charge is 0.466 e. The first-order valence-electron chi connectivity index (χ1n) is 31.4. The van der Waals surface area contributed by atoms with Gasteiger partial charge in [0.15, 0.2) is 0 Å². The van der Waals surface area contributed by atoms with Gasteiger partial charge in [0.25, 0.3) is 0 Å². The lowest BCUT2D eigenvalue weighted by Gasteiger charge is -2.22. The highest BCUT2D eigenvalue weighted by Gasteiger charge is 2.20. The molecule has 6 nitrogen and oxygen atoms in total. The molecule has 0 aromatic carbocycles. The summed E-state index contributed by atoms with van der Waals surface area (Å²) in [5.74, 6) is -0.0218. The van der Waals surface area contributed by atoms with Crippen LogP contribution in [-0.2, 0) is 14.3 Å². The van der Waals surface area contributed by atoms with Gasteiger partial charge < -0.3 is 20.3 Å². The molecule has 0 spiro atoms. The summed E-state index contributed by atoms with van der Waals surface area (Å²) in [5.41, 5.74) is 0. The average molecular weight is 975 g/mol. The summed E-state index contributed by atoms with van der Waals surface area (Å²) in [7, 11) is 0. The minimum atomic E-state index is -0.665. The Kier molecular flexibility index (Phi) is 58.0. The predicted molar refractivity (Wildman–Crippen MR) is 301 cm³/mol. The normalized spacial score (nSPS) is 12.6. The molecule has 0 bridgehead atoms. The first kappa shape index (κ1) is 67.6. The fraction of sp³-hybridized carbons (Fsp3) is 0.937. The van der Waals surface area contributed by atoms with Crippen LogP contribution in [0.3, 0.4) is 0 Å². The lowest BCUT2D eigenvalue weighted by Crippen LogP contribution is -2.45. The maximum absolute atomic E-state index is 12.5. The Hall–Kier alpha value is -1.40. The summed E-state index contributed by atoms with van der Waals surface area (Å²) < 4.78 is 5.49. The van der Waals surface area contributed by atoms with Crippen molar-refractivity contribution >= 4 is 11.9 Å². The molecule has 2 atom stereocenters. The zero-order chi connectivity index (χ0) is 50.0. The quantitative estimate of drug-likeness (QED) is 0.0321. The number of hydrogen-bond acceptors (Lipinski definition) is 5. The van der Waals surface area contributed by atoms with E-state index in [9.17, 15) is 19.8 Å². The van der Waals surface area contributed by atoms with E-state index in [4.69, 9.17) is 4.74 Å². The van der Waals surface area contributed by atoms with Gasteiger partial charge in [-0.25, -0.2) is 0 Å². The van der Waals surface area contributed by atoms with Crippen LogP contribution in [0.4, 0.5) is 0 Å². The number of esters is 1. The highest BCUT2D eigenvalue weighted by atomic mass is 16.5. The lowest BCUT2D eigenvalue weighted by atomic mass is 10.0. The van der Waals surface area contributed by atoms with Crippen LogP contribution in [-0.4, -0.2) is 47.4 Å². The van der Waals surface area contributed by atoms with Crippen molar-refractivity contribution in [2.45, 2.75) is 366 Å². The van der Waals surface area contributed by atoms with Crippen LogP contribution in [0.25, 0.3) is 0 Å². The molecule has 0 aromatic heterocycles. The van der Waals surface area contributed by atoms with Gasteiger partial charge in [-0.15, -0.1) is 0 Å². The van der Waals surface area contributed by atoms with Crippen LogP contribution in [0.15, 0.2) is 12.2 Å². The Morgan fingerprint density at radius 2 is 0.681 bits per heavy atom. The van der Waals surface area contributed by atoms with Crippen LogP contribution in [0.1, 0.15) is 354 Å². The van der Waals surface area contributed by atoms with Crippen LogP contribution < -0.4 is 5.32 Å². The Morgan fingerprint density at radius 3 is 1.03 bits per heavy atom. The van der Waals surface area contributed by atoms with Crippen LogP contribution in [0.2, 0.25) is 0 Å². The molecule has 0 saturated carbocycles. The third-order valence-electron chi connectivity index (χ3n) is 14.8. The Balaban J connectivity index is 3.37. The Labute approximate surface area is 431 Å². The number of aliphatic hydroxyl groups is 2. The lowest BCUT2D eigenvalue weighted by molar-refractivity contribution is -0.143. The molecule has 0 aromatic rings. The number of carbonyl (C=O) groups excluding carboxylic acids is 2. The summed E-state index contributed by atoms with van der Waals surface area (Å²) >= 11 is 0. The molecular formula is C63H123NO5. The molecule has 1 amide bonds. The molecule has 2 unspecified atom stereocenters. The van der Waals surface area contributed by atoms with Gasteiger partial charge in [-0.05, 0) is 51.4 Å². The smallest absolute Gasteiger partial charge is 0.305 e. The van der Waals surface area contributed by atoms with Gasteiger partial charge in [0, 0.05) is 12.8 Å². The van der Waals surface area contributed by atoms with E-state index in [0.717, 1.165) is 38.5 Å². The molecule has 69 heavy (non-hydrogen) atoms. The molecule has 0 radical (unpaired) electrons. The molecule has 0 saturated heterocycles. The van der Waals surface area contributed by atoms with Gasteiger partial charge in [-0.3, -0.25) is 9.59 Å². The zero-order valence-corrected chi connectivity index (χ0v) is 46.8. The molecule has 3 N–H and O–H groups in total. The van der Waals surface area contributed by atoms with Gasteiger partial charge in [0.05, 0.1) is 25.4 Å². The summed E-state index contributed by atoms with van der Waals surface area (Å²) in [5, 5.41) is 23.2. The topological polar surface area (TPSA) is 95.9 Å². The van der Waals surface area contributed by atoms with E-state index in [1.807, 2.05) is 0 Å². The SMILES string of the molecule is CCCCCCCCCCCCCCCCCC(=O)OCCCCCCCCCCCCCC/C=C\CCCCCCCCCCC(=O)NC(CO)C(O)CCCCCCCCCCCCCCC. The van der Waals surface area contributed by atoms with Gasteiger partial charge in [-0.2, -0.15) is 0 Å². The second-order valence-electron chi connectivity index (χ2n) is 21.7. The number of rotatable bonds is 59. The van der Waals surface area contributed by atoms with Gasteiger partial charge >= 0.3 is 5.97 Å². The number of ether oxygens (including phenoxy) is 1. The third kappa shape index (κ3) is 55.8. The highest BCUT2D eigenvalue weighted by Crippen LogP contribution is 2.18. The summed E-state index contributed by atoms with van der Waals surface area (Å²) in [6.07, 6.45) is 70.8. The van der Waals surface area contributed by atoms with Crippen LogP contribution in [0.5, 0.6) is 0 Å². The number of allylic oxidation sites excluding steroid dienone is 2. The maximum atomic E-state index is 12.5. The fourth-order valence-corrected chi connectivity index (χ4v) is 9.99. The van der Waals surface area contributed by atoms with Crippen molar-refractivity contribution in [3.63, 3.8) is 0 Å². The molecule has 6 heteroatoms. The van der Waals surface area contributed by atoms with Crippen molar-refractivity contribution in [2.24, 2.45) is 0 Å². The molecule has 0 aliphatic carbocycles. The summed E-state index contributed by atoms with van der Waals surface area (Å²) in [6, 6.07) is -0.543. The zero-order valence-electron chi connectivity index (χ0n) is 46.8. The molecule has 0 rings (SSSR count). The van der Waals surface area contributed by atoms with Crippen molar-refractivity contribution in [3.05, 3.63) is 12.2 Å². The van der Waals surface area contributed by atoms with Crippen LogP contribution >= 0.6 is 0 Å². The first-order valence-corrected chi connectivity index (χ1v) is 31.4. The van der Waals surface area contributed by atoms with Gasteiger partial charge in [0.2, 0.25) is 5.91 Å². The van der Waals surface area contributed by atoms with E-state index in [2.05, 4.69) is 31.3 Å². The van der Waals surface area contributed by atoms with Gasteiger partial charge in [0.1, 0.15) is 0 Å². The molecular weight excluding hydrogens is 851 g/mol. The summed E-state index contributed by atoms with van der Waals surface area (Å²) in [6.45, 7) is 4.97. The summed E-state index contributed by atoms with van der Waals surface area (Å²) in [4.78, 5) is 24.5. The number of carbonyl (C=O) groups is 2. The number of hydrogen-bond donors (Lipinski definition) is 3. The number of amides is 1. The molecule has 410 valence electrons. The van der Waals surface area contributed by atoms with Crippen molar-refractivity contribution in [1.82, 2.24) is 5.32 Å². The van der Waals surface area contributed by atoms with E-state index in [1.54, 1.807) is 0 Å². The standard InChI is InChI=1S/C63H123NO5/c1-3-5-7-9-11-13-15-17-28-33-37-41-45-49-53-57-63(68)69-58-54-50-46-42-38-34-30-27-25-23-21-19-18-20-22-24-26-29-32-36-40-44-48-52-56-62(67)64-60(59-65)61(66)55-51-47-43-39-35-31-16-14-12-10-8-6-4-2/h20,22,60-61,65-66H,3-19,21,23-59H2,1-2H3,(H,64,67)/b22-20-. The average Bonchev–Trinajstić information content (AvgIpc) is 3.35. The van der Waals surface area contributed by atoms with E-state index in [-0.39, 0.29) is 18.5 Å². The van der Waals surface area contributed by atoms with E-state index < -0.39 is 12.1 Å². The van der Waals surface area contributed by atoms with Crippen LogP contribution in [0, 0.1) is 0 Å². The van der Waals surface area contributed by atoms with E-state index >= 15 is 0 Å². The molecule has 0 aliphatic heterocycles. The minimum Gasteiger partial charge on any atom is -0.466 e. The third-order valence-corrected chi connectivity index (χ3v) is 14.8. The van der Waals surface area contributed by atoms with Crippen molar-refractivity contribution in [1.29, 1.82) is 0 Å². The fourth-order valence-electron chi connectivity index (χ4n) is 9.99. The first-order chi connectivity index (χ1) is 34.0. The minimum absolute atomic E-state index is 0.0161. The van der Waals surface area contributed by atoms with Crippen molar-refractivity contribution < 1.29 is 24.5 Å². The Morgan fingerprint density at radius 1 is 0.391 bits per heavy atom. The van der Waals surface area contributed by atoms with Crippen molar-refractivity contribution in [2.75, 3.05) is 13.2 Å². The second-order valence-corrected chi connectivity index (χ2v) is 21.7. The van der Waals surface area contributed by atoms with Gasteiger partial charge in [-0.1, -0.05) is 302 Å². The molecule has 0 aliphatic rings. The van der Waals surface area contributed by atoms with E-state index in [0.29, 0.717) is 25.9 Å². The number of aliphatic hydroxyl groups excluding tert-OH is 2. The monoisotopic (exact) mass is 974 g/mol.